The molecule has 1 unspecified atom stereocenters. The first-order valence-electron chi connectivity index (χ1n) is 6.66. The Bertz CT molecular complexity index is 612. The summed E-state index contributed by atoms with van der Waals surface area (Å²) in [5.74, 6) is 0. The summed E-state index contributed by atoms with van der Waals surface area (Å²) in [4.78, 5) is 0. The van der Waals surface area contributed by atoms with E-state index < -0.39 is 0 Å². The highest BCUT2D eigenvalue weighted by atomic mass is 35.5. The number of nitrogens with two attached hydrogens (primary N) is 1. The van der Waals surface area contributed by atoms with Crippen LogP contribution in [0.15, 0.2) is 30.3 Å². The monoisotopic (exact) mass is 307 g/mol. The highest BCUT2D eigenvalue weighted by molar-refractivity contribution is 6.42. The lowest BCUT2D eigenvalue weighted by Gasteiger charge is -2.19. The lowest BCUT2D eigenvalue weighted by atomic mass is 9.91. The first kappa shape index (κ1) is 15.4. The average Bonchev–Trinajstić information content (AvgIpc) is 2.33. The molecule has 1 nitrogen and oxygen atoms in total. The van der Waals surface area contributed by atoms with Gasteiger partial charge >= 0.3 is 0 Å². The van der Waals surface area contributed by atoms with Crippen molar-refractivity contribution in [1.29, 1.82) is 0 Å². The van der Waals surface area contributed by atoms with Crippen molar-refractivity contribution in [2.24, 2.45) is 5.73 Å². The van der Waals surface area contributed by atoms with Gasteiger partial charge in [-0.05, 0) is 55.5 Å². The molecule has 0 saturated heterocycles. The standard InChI is InChI=1S/C17H19Cl2N/c1-10-7-11(2)16(12(3)8-10)15(20)9-13-5-4-6-14(18)17(13)19/h4-8,15H,9,20H2,1-3H3. The molecule has 0 amide bonds. The molecule has 0 saturated carbocycles. The first-order chi connectivity index (χ1) is 9.40. The summed E-state index contributed by atoms with van der Waals surface area (Å²) in [7, 11) is 0. The zero-order valence-corrected chi connectivity index (χ0v) is 13.5. The van der Waals surface area contributed by atoms with Gasteiger partial charge in [-0.2, -0.15) is 0 Å². The van der Waals surface area contributed by atoms with E-state index in [1.807, 2.05) is 12.1 Å². The van der Waals surface area contributed by atoms with Gasteiger partial charge < -0.3 is 5.73 Å². The van der Waals surface area contributed by atoms with E-state index in [9.17, 15) is 0 Å². The normalized spacial score (nSPS) is 12.5. The van der Waals surface area contributed by atoms with E-state index in [1.54, 1.807) is 6.07 Å². The summed E-state index contributed by atoms with van der Waals surface area (Å²) < 4.78 is 0. The number of rotatable bonds is 3. The van der Waals surface area contributed by atoms with Crippen LogP contribution in [-0.4, -0.2) is 0 Å². The third kappa shape index (κ3) is 3.17. The summed E-state index contributed by atoms with van der Waals surface area (Å²) in [5.41, 5.74) is 12.3. The second-order valence-corrected chi connectivity index (χ2v) is 6.12. The van der Waals surface area contributed by atoms with Crippen molar-refractivity contribution in [3.8, 4) is 0 Å². The Morgan fingerprint density at radius 2 is 1.65 bits per heavy atom. The minimum atomic E-state index is -0.0773. The maximum absolute atomic E-state index is 6.40. The SMILES string of the molecule is Cc1cc(C)c(C(N)Cc2cccc(Cl)c2Cl)c(C)c1. The van der Waals surface area contributed by atoms with Gasteiger partial charge in [0.15, 0.2) is 0 Å². The Kier molecular flexibility index (Phi) is 4.74. The van der Waals surface area contributed by atoms with E-state index in [0.29, 0.717) is 16.5 Å². The Labute approximate surface area is 130 Å². The fourth-order valence-electron chi connectivity index (χ4n) is 2.82. The molecule has 0 aromatic heterocycles. The molecular weight excluding hydrogens is 289 g/mol. The van der Waals surface area contributed by atoms with Gasteiger partial charge in [-0.15, -0.1) is 0 Å². The molecule has 2 rings (SSSR count). The van der Waals surface area contributed by atoms with Crippen molar-refractivity contribution >= 4 is 23.2 Å². The van der Waals surface area contributed by atoms with E-state index in [0.717, 1.165) is 5.56 Å². The van der Waals surface area contributed by atoms with Crippen LogP contribution in [0, 0.1) is 20.8 Å². The van der Waals surface area contributed by atoms with Gasteiger partial charge in [-0.1, -0.05) is 53.0 Å². The maximum Gasteiger partial charge on any atom is 0.0624 e. The van der Waals surface area contributed by atoms with Gasteiger partial charge in [-0.25, -0.2) is 0 Å². The molecule has 106 valence electrons. The lowest BCUT2D eigenvalue weighted by Crippen LogP contribution is -2.16. The molecule has 0 radical (unpaired) electrons. The fourth-order valence-corrected chi connectivity index (χ4v) is 3.22. The summed E-state index contributed by atoms with van der Waals surface area (Å²) in [5, 5.41) is 1.18. The predicted octanol–water partition coefficient (Wildman–Crippen LogP) is 5.16. The lowest BCUT2D eigenvalue weighted by molar-refractivity contribution is 0.711. The summed E-state index contributed by atoms with van der Waals surface area (Å²) in [6, 6.07) is 9.94. The van der Waals surface area contributed by atoms with Crippen LogP contribution in [0.25, 0.3) is 0 Å². The molecule has 0 aliphatic carbocycles. The van der Waals surface area contributed by atoms with Gasteiger partial charge in [0.25, 0.3) is 0 Å². The highest BCUT2D eigenvalue weighted by Crippen LogP contribution is 2.30. The van der Waals surface area contributed by atoms with Gasteiger partial charge in [0.1, 0.15) is 0 Å². The molecule has 0 heterocycles. The smallest absolute Gasteiger partial charge is 0.0624 e. The highest BCUT2D eigenvalue weighted by Gasteiger charge is 2.15. The van der Waals surface area contributed by atoms with E-state index in [1.165, 1.54) is 22.3 Å². The van der Waals surface area contributed by atoms with Crippen LogP contribution in [0.4, 0.5) is 0 Å². The second-order valence-electron chi connectivity index (χ2n) is 5.34. The van der Waals surface area contributed by atoms with Crippen LogP contribution >= 0.6 is 23.2 Å². The van der Waals surface area contributed by atoms with Gasteiger partial charge in [0, 0.05) is 6.04 Å². The van der Waals surface area contributed by atoms with Crippen LogP contribution < -0.4 is 5.73 Å². The molecule has 0 bridgehead atoms. The average molecular weight is 308 g/mol. The van der Waals surface area contributed by atoms with Crippen molar-refractivity contribution in [2.45, 2.75) is 33.2 Å². The van der Waals surface area contributed by atoms with Crippen molar-refractivity contribution in [3.63, 3.8) is 0 Å². The van der Waals surface area contributed by atoms with Gasteiger partial charge in [0.05, 0.1) is 10.0 Å². The molecule has 0 aliphatic heterocycles. The largest absolute Gasteiger partial charge is 0.324 e. The molecule has 2 aromatic carbocycles. The topological polar surface area (TPSA) is 26.0 Å². The third-order valence-electron chi connectivity index (χ3n) is 3.58. The van der Waals surface area contributed by atoms with Crippen LogP contribution in [0.1, 0.15) is 33.9 Å². The summed E-state index contributed by atoms with van der Waals surface area (Å²) in [6.07, 6.45) is 0.685. The zero-order chi connectivity index (χ0) is 14.9. The third-order valence-corrected chi connectivity index (χ3v) is 4.44. The van der Waals surface area contributed by atoms with E-state index >= 15 is 0 Å². The minimum absolute atomic E-state index is 0.0773. The number of aryl methyl sites for hydroxylation is 3. The Morgan fingerprint density at radius 1 is 1.05 bits per heavy atom. The molecule has 3 heteroatoms. The van der Waals surface area contributed by atoms with E-state index in [4.69, 9.17) is 28.9 Å². The molecule has 2 aromatic rings. The van der Waals surface area contributed by atoms with Crippen molar-refractivity contribution in [2.75, 3.05) is 0 Å². The molecule has 0 fully saturated rings. The molecule has 20 heavy (non-hydrogen) atoms. The number of halogens is 2. The van der Waals surface area contributed by atoms with E-state index in [2.05, 4.69) is 32.9 Å². The van der Waals surface area contributed by atoms with Gasteiger partial charge in [0.2, 0.25) is 0 Å². The van der Waals surface area contributed by atoms with Crippen molar-refractivity contribution in [3.05, 3.63) is 68.2 Å². The minimum Gasteiger partial charge on any atom is -0.324 e. The zero-order valence-electron chi connectivity index (χ0n) is 12.0. The van der Waals surface area contributed by atoms with Crippen molar-refractivity contribution < 1.29 is 0 Å². The number of benzene rings is 2. The Hall–Kier alpha value is -1.02. The molecule has 2 N–H and O–H groups in total. The molecule has 0 aliphatic rings. The Morgan fingerprint density at radius 3 is 2.25 bits per heavy atom. The van der Waals surface area contributed by atoms with E-state index in [-0.39, 0.29) is 6.04 Å². The fraction of sp³-hybridized carbons (Fsp3) is 0.294. The maximum atomic E-state index is 6.40. The second kappa shape index (κ2) is 6.17. The first-order valence-corrected chi connectivity index (χ1v) is 7.42. The molecule has 1 atom stereocenters. The molecular formula is C17H19Cl2N. The van der Waals surface area contributed by atoms with Gasteiger partial charge in [-0.3, -0.25) is 0 Å². The number of hydrogen-bond donors (Lipinski definition) is 1. The predicted molar refractivity (Wildman–Crippen MR) is 87.7 cm³/mol. The molecule has 0 spiro atoms. The van der Waals surface area contributed by atoms with Crippen LogP contribution in [-0.2, 0) is 6.42 Å². The summed E-state index contributed by atoms with van der Waals surface area (Å²) >= 11 is 12.3. The van der Waals surface area contributed by atoms with Crippen LogP contribution in [0.3, 0.4) is 0 Å². The quantitative estimate of drug-likeness (QED) is 0.832. The number of hydrogen-bond acceptors (Lipinski definition) is 1. The van der Waals surface area contributed by atoms with Crippen LogP contribution in [0.5, 0.6) is 0 Å². The van der Waals surface area contributed by atoms with Crippen molar-refractivity contribution in [1.82, 2.24) is 0 Å². The Balaban J connectivity index is 2.33. The summed E-state index contributed by atoms with van der Waals surface area (Å²) in [6.45, 7) is 6.31. The van der Waals surface area contributed by atoms with Crippen LogP contribution in [0.2, 0.25) is 10.0 Å².